The minimum atomic E-state index is -0.0528. The number of halogens is 1. The van der Waals surface area contributed by atoms with Crippen molar-refractivity contribution in [1.29, 1.82) is 0 Å². The summed E-state index contributed by atoms with van der Waals surface area (Å²) in [6, 6.07) is 11.3. The minimum absolute atomic E-state index is 0.0528. The van der Waals surface area contributed by atoms with E-state index in [4.69, 9.17) is 11.6 Å². The molecule has 1 N–H and O–H groups in total. The molecule has 0 aliphatic carbocycles. The Morgan fingerprint density at radius 3 is 2.71 bits per heavy atom. The zero-order valence-electron chi connectivity index (χ0n) is 9.37. The third-order valence-corrected chi connectivity index (χ3v) is 3.73. The van der Waals surface area contributed by atoms with Gasteiger partial charge in [-0.15, -0.1) is 11.3 Å². The summed E-state index contributed by atoms with van der Waals surface area (Å²) in [5.74, 6) is -0.0528. The van der Waals surface area contributed by atoms with Crippen LogP contribution in [-0.2, 0) is 6.54 Å². The van der Waals surface area contributed by atoms with E-state index in [1.54, 1.807) is 0 Å². The molecule has 0 atom stereocenters. The van der Waals surface area contributed by atoms with Crippen molar-refractivity contribution in [1.82, 2.24) is 5.32 Å². The van der Waals surface area contributed by atoms with Crippen LogP contribution in [0.4, 0.5) is 0 Å². The topological polar surface area (TPSA) is 29.1 Å². The number of carbonyl (C=O) groups is 1. The Bertz CT molecular complexity index is 536. The Morgan fingerprint density at radius 2 is 2.06 bits per heavy atom. The van der Waals surface area contributed by atoms with E-state index in [1.807, 2.05) is 43.3 Å². The molecule has 2 nitrogen and oxygen atoms in total. The van der Waals surface area contributed by atoms with Gasteiger partial charge in [-0.25, -0.2) is 0 Å². The number of hydrogen-bond acceptors (Lipinski definition) is 2. The minimum Gasteiger partial charge on any atom is -0.347 e. The zero-order valence-corrected chi connectivity index (χ0v) is 10.9. The molecule has 1 amide bonds. The molecule has 2 rings (SSSR count). The second-order valence-electron chi connectivity index (χ2n) is 3.68. The van der Waals surface area contributed by atoms with Crippen LogP contribution in [0.5, 0.6) is 0 Å². The first-order valence-corrected chi connectivity index (χ1v) is 6.44. The maximum Gasteiger partial charge on any atom is 0.261 e. The monoisotopic (exact) mass is 265 g/mol. The van der Waals surface area contributed by atoms with Gasteiger partial charge >= 0.3 is 0 Å². The van der Waals surface area contributed by atoms with Crippen LogP contribution in [0.2, 0.25) is 5.02 Å². The fourth-order valence-corrected chi connectivity index (χ4v) is 2.45. The highest BCUT2D eigenvalue weighted by Crippen LogP contribution is 2.17. The van der Waals surface area contributed by atoms with Crippen molar-refractivity contribution in [3.63, 3.8) is 0 Å². The molecule has 1 aromatic heterocycles. The Labute approximate surface area is 109 Å². The number of carbonyl (C=O) groups excluding carboxylic acids is 1. The standard InChI is InChI=1S/C13H12ClNOS/c1-9-6-7-12(17-9)13(16)15-8-10-4-2-3-5-11(10)14/h2-7H,8H2,1H3,(H,15,16). The van der Waals surface area contributed by atoms with Crippen LogP contribution in [-0.4, -0.2) is 5.91 Å². The lowest BCUT2D eigenvalue weighted by Gasteiger charge is -2.05. The van der Waals surface area contributed by atoms with Crippen molar-refractivity contribution in [3.8, 4) is 0 Å². The Balaban J connectivity index is 1.99. The first-order valence-electron chi connectivity index (χ1n) is 5.25. The van der Waals surface area contributed by atoms with Crippen molar-refractivity contribution in [3.05, 3.63) is 56.7 Å². The molecule has 0 saturated heterocycles. The lowest BCUT2D eigenvalue weighted by molar-refractivity contribution is 0.0955. The van der Waals surface area contributed by atoms with Crippen LogP contribution in [0.25, 0.3) is 0 Å². The lowest BCUT2D eigenvalue weighted by Crippen LogP contribution is -2.21. The summed E-state index contributed by atoms with van der Waals surface area (Å²) < 4.78 is 0. The first-order chi connectivity index (χ1) is 8.16. The summed E-state index contributed by atoms with van der Waals surface area (Å²) in [7, 11) is 0. The van der Waals surface area contributed by atoms with E-state index in [2.05, 4.69) is 5.32 Å². The van der Waals surface area contributed by atoms with Crippen LogP contribution in [0, 0.1) is 6.92 Å². The van der Waals surface area contributed by atoms with Gasteiger partial charge in [-0.2, -0.15) is 0 Å². The van der Waals surface area contributed by atoms with Gasteiger partial charge in [-0.05, 0) is 30.7 Å². The molecule has 0 radical (unpaired) electrons. The van der Waals surface area contributed by atoms with Crippen molar-refractivity contribution in [2.75, 3.05) is 0 Å². The van der Waals surface area contributed by atoms with E-state index in [0.29, 0.717) is 11.6 Å². The van der Waals surface area contributed by atoms with E-state index in [0.717, 1.165) is 15.3 Å². The van der Waals surface area contributed by atoms with Crippen LogP contribution < -0.4 is 5.32 Å². The largest absolute Gasteiger partial charge is 0.347 e. The van der Waals surface area contributed by atoms with Gasteiger partial charge in [-0.3, -0.25) is 4.79 Å². The van der Waals surface area contributed by atoms with E-state index in [9.17, 15) is 4.79 Å². The molecule has 2 aromatic rings. The lowest BCUT2D eigenvalue weighted by atomic mass is 10.2. The molecule has 88 valence electrons. The highest BCUT2D eigenvalue weighted by Gasteiger charge is 2.08. The predicted molar refractivity (Wildman–Crippen MR) is 71.7 cm³/mol. The third kappa shape index (κ3) is 3.08. The van der Waals surface area contributed by atoms with E-state index >= 15 is 0 Å². The summed E-state index contributed by atoms with van der Waals surface area (Å²) in [4.78, 5) is 13.7. The van der Waals surface area contributed by atoms with Crippen molar-refractivity contribution >= 4 is 28.8 Å². The molecule has 17 heavy (non-hydrogen) atoms. The van der Waals surface area contributed by atoms with Crippen molar-refractivity contribution in [2.24, 2.45) is 0 Å². The smallest absolute Gasteiger partial charge is 0.261 e. The fraction of sp³-hybridized carbons (Fsp3) is 0.154. The molecule has 1 heterocycles. The van der Waals surface area contributed by atoms with Gasteiger partial charge in [0.1, 0.15) is 0 Å². The number of benzene rings is 1. The average Bonchev–Trinajstić information content (AvgIpc) is 2.74. The quantitative estimate of drug-likeness (QED) is 0.902. The zero-order chi connectivity index (χ0) is 12.3. The fourth-order valence-electron chi connectivity index (χ4n) is 1.46. The number of hydrogen-bond donors (Lipinski definition) is 1. The van der Waals surface area contributed by atoms with Crippen LogP contribution >= 0.6 is 22.9 Å². The Morgan fingerprint density at radius 1 is 1.29 bits per heavy atom. The van der Waals surface area contributed by atoms with Crippen LogP contribution in [0.3, 0.4) is 0 Å². The molecule has 0 saturated carbocycles. The van der Waals surface area contributed by atoms with Crippen LogP contribution in [0.1, 0.15) is 20.1 Å². The molecular weight excluding hydrogens is 254 g/mol. The summed E-state index contributed by atoms with van der Waals surface area (Å²) in [5.41, 5.74) is 0.927. The second kappa shape index (κ2) is 5.34. The number of thiophene rings is 1. The van der Waals surface area contributed by atoms with E-state index in [-0.39, 0.29) is 5.91 Å². The predicted octanol–water partition coefficient (Wildman–Crippen LogP) is 3.64. The number of aryl methyl sites for hydroxylation is 1. The first kappa shape index (κ1) is 12.1. The normalized spacial score (nSPS) is 10.2. The summed E-state index contributed by atoms with van der Waals surface area (Å²) in [6.45, 7) is 2.44. The van der Waals surface area contributed by atoms with Gasteiger partial charge in [0, 0.05) is 16.4 Å². The maximum atomic E-state index is 11.8. The number of rotatable bonds is 3. The molecule has 4 heteroatoms. The molecule has 0 aliphatic heterocycles. The maximum absolute atomic E-state index is 11.8. The van der Waals surface area contributed by atoms with Crippen LogP contribution in [0.15, 0.2) is 36.4 Å². The van der Waals surface area contributed by atoms with E-state index in [1.165, 1.54) is 11.3 Å². The Hall–Kier alpha value is -1.32. The molecule has 0 aliphatic rings. The summed E-state index contributed by atoms with van der Waals surface area (Å²) >= 11 is 7.50. The van der Waals surface area contributed by atoms with Gasteiger partial charge in [0.05, 0.1) is 4.88 Å². The summed E-state index contributed by atoms with van der Waals surface area (Å²) in [6.07, 6.45) is 0. The highest BCUT2D eigenvalue weighted by atomic mass is 35.5. The number of amides is 1. The van der Waals surface area contributed by atoms with E-state index < -0.39 is 0 Å². The van der Waals surface area contributed by atoms with Crippen molar-refractivity contribution in [2.45, 2.75) is 13.5 Å². The molecule has 0 spiro atoms. The van der Waals surface area contributed by atoms with Gasteiger partial charge in [-0.1, -0.05) is 29.8 Å². The number of nitrogens with one attached hydrogen (secondary N) is 1. The molecule has 1 aromatic carbocycles. The Kier molecular flexibility index (Phi) is 3.82. The molecular formula is C13H12ClNOS. The molecule has 0 bridgehead atoms. The average molecular weight is 266 g/mol. The third-order valence-electron chi connectivity index (χ3n) is 2.36. The molecule has 0 fully saturated rings. The van der Waals surface area contributed by atoms with Crippen molar-refractivity contribution < 1.29 is 4.79 Å². The SMILES string of the molecule is Cc1ccc(C(=O)NCc2ccccc2Cl)s1. The second-order valence-corrected chi connectivity index (χ2v) is 5.38. The van der Waals surface area contributed by atoms with Gasteiger partial charge in [0.2, 0.25) is 0 Å². The molecule has 0 unspecified atom stereocenters. The van der Waals surface area contributed by atoms with Gasteiger partial charge in [0.25, 0.3) is 5.91 Å². The highest BCUT2D eigenvalue weighted by molar-refractivity contribution is 7.13. The van der Waals surface area contributed by atoms with Gasteiger partial charge < -0.3 is 5.32 Å². The summed E-state index contributed by atoms with van der Waals surface area (Å²) in [5, 5.41) is 3.53. The van der Waals surface area contributed by atoms with Gasteiger partial charge in [0.15, 0.2) is 0 Å².